The van der Waals surface area contributed by atoms with Crippen molar-refractivity contribution in [2.24, 2.45) is 5.73 Å². The third-order valence-electron chi connectivity index (χ3n) is 2.50. The smallest absolute Gasteiger partial charge is 0.364 e. The van der Waals surface area contributed by atoms with E-state index in [2.05, 4.69) is 10.2 Å². The zero-order valence-corrected chi connectivity index (χ0v) is 12.0. The molecule has 1 amide bonds. The summed E-state index contributed by atoms with van der Waals surface area (Å²) >= 11 is 1.36. The van der Waals surface area contributed by atoms with Crippen molar-refractivity contribution in [3.05, 3.63) is 23.2 Å². The minimum atomic E-state index is -3.55. The summed E-state index contributed by atoms with van der Waals surface area (Å²) in [5.74, 6) is -0.718. The van der Waals surface area contributed by atoms with E-state index in [1.165, 1.54) is 25.6 Å². The summed E-state index contributed by atoms with van der Waals surface area (Å²) < 4.78 is 22.3. The molecule has 2 rings (SSSR count). The number of carbonyl (C=O) groups is 1. The molecule has 7 nitrogen and oxygen atoms in total. The number of hydrogen-bond acceptors (Lipinski definition) is 6. The lowest BCUT2D eigenvalue weighted by molar-refractivity contribution is 0.0996. The Morgan fingerprint density at radius 2 is 2.16 bits per heavy atom. The molecule has 0 saturated heterocycles. The van der Waals surface area contributed by atoms with Gasteiger partial charge < -0.3 is 14.8 Å². The summed E-state index contributed by atoms with van der Waals surface area (Å²) in [5, 5.41) is 8.16. The van der Waals surface area contributed by atoms with Crippen molar-refractivity contribution in [1.82, 2.24) is 10.2 Å². The molecule has 0 fully saturated rings. The second-order valence-electron chi connectivity index (χ2n) is 3.50. The third kappa shape index (κ3) is 2.35. The van der Waals surface area contributed by atoms with Gasteiger partial charge in [-0.15, -0.1) is 11.3 Å². The highest BCUT2D eigenvalue weighted by molar-refractivity contribution is 7.62. The van der Waals surface area contributed by atoms with Gasteiger partial charge in [-0.25, -0.2) is 0 Å². The van der Waals surface area contributed by atoms with Crippen LogP contribution in [0.1, 0.15) is 10.5 Å². The normalized spacial score (nSPS) is 11.7. The zero-order valence-electron chi connectivity index (χ0n) is 10.2. The zero-order chi connectivity index (χ0) is 14.0. The Balaban J connectivity index is 2.70. The van der Waals surface area contributed by atoms with Crippen molar-refractivity contribution < 1.29 is 18.4 Å². The largest absolute Gasteiger partial charge is 0.379 e. The molecule has 19 heavy (non-hydrogen) atoms. The van der Waals surface area contributed by atoms with Crippen LogP contribution >= 0.6 is 18.9 Å². The molecule has 0 unspecified atom stereocenters. The topological polar surface area (TPSA) is 107 Å². The maximum absolute atomic E-state index is 12.4. The number of H-pyrrole nitrogens is 1. The molecule has 0 radical (unpaired) electrons. The van der Waals surface area contributed by atoms with E-state index in [0.29, 0.717) is 10.4 Å². The molecule has 0 spiro atoms. The van der Waals surface area contributed by atoms with Gasteiger partial charge in [-0.1, -0.05) is 6.07 Å². The van der Waals surface area contributed by atoms with Crippen molar-refractivity contribution in [3.63, 3.8) is 0 Å². The fourth-order valence-corrected chi connectivity index (χ4v) is 3.66. The lowest BCUT2D eigenvalue weighted by Crippen LogP contribution is -2.15. The number of rotatable bonds is 5. The molecule has 0 aliphatic carbocycles. The van der Waals surface area contributed by atoms with Gasteiger partial charge in [0.05, 0.1) is 5.56 Å². The first-order chi connectivity index (χ1) is 9.03. The lowest BCUT2D eigenvalue weighted by atomic mass is 10.2. The van der Waals surface area contributed by atoms with E-state index in [1.807, 2.05) is 5.38 Å². The molecular formula is C10H12N3O4PS. The summed E-state index contributed by atoms with van der Waals surface area (Å²) in [7, 11) is -1.04. The number of nitrogens with two attached hydrogens (primary N) is 1. The Hall–Kier alpha value is -1.47. The van der Waals surface area contributed by atoms with E-state index in [9.17, 15) is 9.36 Å². The molecule has 9 heteroatoms. The van der Waals surface area contributed by atoms with E-state index in [1.54, 1.807) is 12.1 Å². The monoisotopic (exact) mass is 301 g/mol. The highest BCUT2D eigenvalue weighted by Crippen LogP contribution is 2.47. The van der Waals surface area contributed by atoms with Gasteiger partial charge in [0.2, 0.25) is 0 Å². The number of nitrogens with one attached hydrogen (secondary N) is 1. The van der Waals surface area contributed by atoms with Crippen LogP contribution in [0.5, 0.6) is 0 Å². The van der Waals surface area contributed by atoms with E-state index in [-0.39, 0.29) is 11.1 Å². The van der Waals surface area contributed by atoms with Crippen molar-refractivity contribution in [2.45, 2.75) is 0 Å². The fourth-order valence-electron chi connectivity index (χ4n) is 1.62. The summed E-state index contributed by atoms with van der Waals surface area (Å²) in [6.45, 7) is 0. The molecule has 102 valence electrons. The average molecular weight is 301 g/mol. The van der Waals surface area contributed by atoms with Gasteiger partial charge in [0.1, 0.15) is 0 Å². The van der Waals surface area contributed by atoms with Gasteiger partial charge in [-0.05, 0) is 11.4 Å². The molecule has 0 saturated carbocycles. The van der Waals surface area contributed by atoms with Crippen molar-refractivity contribution in [3.8, 4) is 10.4 Å². The van der Waals surface area contributed by atoms with Crippen LogP contribution in [0.25, 0.3) is 10.4 Å². The minimum Gasteiger partial charge on any atom is -0.364 e. The number of thiophene rings is 1. The van der Waals surface area contributed by atoms with Gasteiger partial charge >= 0.3 is 7.60 Å². The molecule has 0 aromatic carbocycles. The van der Waals surface area contributed by atoms with Crippen LogP contribution in [0.15, 0.2) is 17.5 Å². The molecule has 0 atom stereocenters. The minimum absolute atomic E-state index is 0.00627. The fraction of sp³-hybridized carbons (Fsp3) is 0.200. The molecule has 0 bridgehead atoms. The first kappa shape index (κ1) is 14.0. The predicted octanol–water partition coefficient (Wildman–Crippen LogP) is 1.35. The average Bonchev–Trinajstić information content (AvgIpc) is 3.05. The second-order valence-corrected chi connectivity index (χ2v) is 6.62. The second kappa shape index (κ2) is 5.26. The first-order valence-corrected chi connectivity index (χ1v) is 7.60. The summed E-state index contributed by atoms with van der Waals surface area (Å²) in [6, 6.07) is 3.56. The Kier molecular flexibility index (Phi) is 3.86. The Labute approximate surface area is 113 Å². The first-order valence-electron chi connectivity index (χ1n) is 5.17. The lowest BCUT2D eigenvalue weighted by Gasteiger charge is -2.13. The Morgan fingerprint density at radius 1 is 1.47 bits per heavy atom. The van der Waals surface area contributed by atoms with Crippen LogP contribution in [0.4, 0.5) is 0 Å². The van der Waals surface area contributed by atoms with E-state index in [4.69, 9.17) is 14.8 Å². The van der Waals surface area contributed by atoms with Crippen LogP contribution in [-0.4, -0.2) is 30.3 Å². The highest BCUT2D eigenvalue weighted by atomic mass is 32.1. The van der Waals surface area contributed by atoms with Crippen LogP contribution in [0.2, 0.25) is 0 Å². The number of hydrogen-bond donors (Lipinski definition) is 2. The SMILES string of the molecule is COP(=O)(OC)c1[nH]nc(C(N)=O)c1-c1cccs1. The van der Waals surface area contributed by atoms with Gasteiger partial charge in [-0.2, -0.15) is 5.10 Å². The number of primary amides is 1. The molecule has 2 aromatic heterocycles. The highest BCUT2D eigenvalue weighted by Gasteiger charge is 2.34. The van der Waals surface area contributed by atoms with Crippen LogP contribution in [-0.2, 0) is 13.6 Å². The quantitative estimate of drug-likeness (QED) is 0.810. The maximum atomic E-state index is 12.4. The summed E-state index contributed by atoms with van der Waals surface area (Å²) in [4.78, 5) is 12.1. The van der Waals surface area contributed by atoms with Crippen LogP contribution < -0.4 is 11.2 Å². The molecule has 3 N–H and O–H groups in total. The van der Waals surface area contributed by atoms with Crippen molar-refractivity contribution in [2.75, 3.05) is 14.2 Å². The van der Waals surface area contributed by atoms with Crippen LogP contribution in [0.3, 0.4) is 0 Å². The Morgan fingerprint density at radius 3 is 2.63 bits per heavy atom. The van der Waals surface area contributed by atoms with Gasteiger partial charge in [0, 0.05) is 19.1 Å². The molecule has 0 aliphatic rings. The van der Waals surface area contributed by atoms with Gasteiger partial charge in [-0.3, -0.25) is 14.5 Å². The van der Waals surface area contributed by atoms with Crippen molar-refractivity contribution in [1.29, 1.82) is 0 Å². The predicted molar refractivity (Wildman–Crippen MR) is 71.7 cm³/mol. The standard InChI is InChI=1S/C10H12N3O4PS/c1-16-18(15,17-2)10-7(6-4-3-5-19-6)8(9(11)14)12-13-10/h3-5H,1-2H3,(H2,11,14)(H,12,13). The molecule has 2 aromatic rings. The maximum Gasteiger partial charge on any atom is 0.379 e. The number of nitrogens with zero attached hydrogens (tertiary/aromatic N) is 1. The number of aromatic amines is 1. The summed E-state index contributed by atoms with van der Waals surface area (Å²) in [5.41, 5.74) is 5.75. The van der Waals surface area contributed by atoms with Crippen molar-refractivity contribution >= 4 is 30.3 Å². The van der Waals surface area contributed by atoms with Crippen LogP contribution in [0, 0.1) is 0 Å². The Bertz CT molecular complexity index is 629. The van der Waals surface area contributed by atoms with Gasteiger partial charge in [0.15, 0.2) is 11.1 Å². The van der Waals surface area contributed by atoms with E-state index < -0.39 is 13.5 Å². The number of aromatic nitrogens is 2. The number of amides is 1. The molecular weight excluding hydrogens is 289 g/mol. The van der Waals surface area contributed by atoms with Gasteiger partial charge in [0.25, 0.3) is 5.91 Å². The third-order valence-corrected chi connectivity index (χ3v) is 5.22. The van der Waals surface area contributed by atoms with E-state index >= 15 is 0 Å². The summed E-state index contributed by atoms with van der Waals surface area (Å²) in [6.07, 6.45) is 0. The molecule has 2 heterocycles. The number of carbonyl (C=O) groups excluding carboxylic acids is 1. The molecule has 0 aliphatic heterocycles. The van der Waals surface area contributed by atoms with E-state index in [0.717, 1.165) is 0 Å².